The molecule has 0 amide bonds. The molecular formula is C23H21BrClF4N5O2S. The van der Waals surface area contributed by atoms with Crippen molar-refractivity contribution < 1.29 is 27.0 Å². The predicted molar refractivity (Wildman–Crippen MR) is 133 cm³/mol. The van der Waals surface area contributed by atoms with Crippen LogP contribution < -0.4 is 20.2 Å². The first-order valence-electron chi connectivity index (χ1n) is 11.6. The topological polar surface area (TPSA) is 53.4 Å². The first kappa shape index (κ1) is 25.2. The standard InChI is InChI=1S/C23H21BrClF4N5O2S/c24-17-18(25)20-16-21(19(17)29)36-15(35-9-23-2-1-3-33(23)6-12(26)4-23)8-32(7-13(27)28)22(16)34(10-31-20)14-5-30-11-37-14/h5,8,11-13H,1-4,6-7,9-10H2/t12-,23+/m1/s1. The van der Waals surface area contributed by atoms with Crippen LogP contribution in [0.4, 0.5) is 22.6 Å². The molecule has 7 nitrogen and oxygen atoms in total. The van der Waals surface area contributed by atoms with Crippen LogP contribution in [0.25, 0.3) is 5.82 Å². The number of benzene rings is 1. The summed E-state index contributed by atoms with van der Waals surface area (Å²) < 4.78 is 69.5. The zero-order valence-electron chi connectivity index (χ0n) is 19.3. The predicted octanol–water partition coefficient (Wildman–Crippen LogP) is 4.21. The number of aromatic nitrogens is 1. The lowest BCUT2D eigenvalue weighted by Crippen LogP contribution is -2.47. The van der Waals surface area contributed by atoms with E-state index in [4.69, 9.17) is 21.1 Å². The number of hydrogen-bond acceptors (Lipinski definition) is 8. The normalized spacial score (nSPS) is 25.0. The van der Waals surface area contributed by atoms with E-state index in [1.807, 2.05) is 0 Å². The van der Waals surface area contributed by atoms with Crippen LogP contribution in [-0.4, -0.2) is 65.8 Å². The van der Waals surface area contributed by atoms with Gasteiger partial charge in [0.25, 0.3) is 6.43 Å². The van der Waals surface area contributed by atoms with Crippen molar-refractivity contribution in [3.05, 3.63) is 49.7 Å². The van der Waals surface area contributed by atoms with Crippen LogP contribution in [-0.2, 0) is 4.74 Å². The van der Waals surface area contributed by atoms with E-state index in [0.29, 0.717) is 18.0 Å². The smallest absolute Gasteiger partial charge is 0.302 e. The lowest BCUT2D eigenvalue weighted by Gasteiger charge is -2.33. The van der Waals surface area contributed by atoms with Crippen molar-refractivity contribution in [2.75, 3.05) is 37.8 Å². The second-order valence-corrected chi connectivity index (χ2v) is 11.4. The molecule has 0 spiro atoms. The third kappa shape index (κ3) is 4.27. The minimum atomic E-state index is -2.74. The summed E-state index contributed by atoms with van der Waals surface area (Å²) in [4.78, 5) is 13.6. The average molecular weight is 623 g/mol. The molecule has 198 valence electrons. The summed E-state index contributed by atoms with van der Waals surface area (Å²) in [5, 5.41) is 0.966. The van der Waals surface area contributed by atoms with Gasteiger partial charge >= 0.3 is 5.95 Å². The van der Waals surface area contributed by atoms with Crippen molar-refractivity contribution in [1.82, 2.24) is 14.8 Å². The van der Waals surface area contributed by atoms with Gasteiger partial charge in [-0.05, 0) is 35.3 Å². The molecule has 1 aromatic heterocycles. The zero-order valence-corrected chi connectivity index (χ0v) is 22.4. The Morgan fingerprint density at radius 3 is 2.97 bits per heavy atom. The fourth-order valence-corrected chi connectivity index (χ4v) is 6.79. The summed E-state index contributed by atoms with van der Waals surface area (Å²) in [7, 11) is 0. The quantitative estimate of drug-likeness (QED) is 0.356. The van der Waals surface area contributed by atoms with Crippen LogP contribution in [0.2, 0.25) is 5.02 Å². The highest BCUT2D eigenvalue weighted by atomic mass is 79.9. The summed E-state index contributed by atoms with van der Waals surface area (Å²) >= 11 is 10.9. The molecule has 37 heavy (non-hydrogen) atoms. The first-order valence-corrected chi connectivity index (χ1v) is 13.7. The SMILES string of the molecule is Fc1c(Br)c(Cl)c2c3c1OC(OC[C@@]14CCCN1C[C@H](F)C4)=CN(CC(F)F)C=3N(c1cncs1)CN=2. The number of thiazole rings is 1. The van der Waals surface area contributed by atoms with Crippen LogP contribution in [0.1, 0.15) is 19.3 Å². The molecule has 2 fully saturated rings. The lowest BCUT2D eigenvalue weighted by molar-refractivity contribution is 0.0247. The molecule has 4 aliphatic heterocycles. The molecule has 6 rings (SSSR count). The third-order valence-corrected chi connectivity index (χ3v) is 9.24. The summed E-state index contributed by atoms with van der Waals surface area (Å²) in [5.41, 5.74) is 1.09. The third-order valence-electron chi connectivity index (χ3n) is 7.11. The number of alkyl halides is 3. The van der Waals surface area contributed by atoms with Gasteiger partial charge in [0.05, 0.1) is 50.1 Å². The Labute approximate surface area is 226 Å². The fraction of sp³-hybridized carbons (Fsp3) is 0.478. The van der Waals surface area contributed by atoms with E-state index >= 15 is 4.39 Å². The molecule has 1 aromatic carbocycles. The van der Waals surface area contributed by atoms with Crippen molar-refractivity contribution in [1.29, 1.82) is 0 Å². The van der Waals surface area contributed by atoms with E-state index in [1.54, 1.807) is 16.6 Å². The second kappa shape index (κ2) is 9.58. The summed E-state index contributed by atoms with van der Waals surface area (Å²) in [6.07, 6.45) is 1.13. The van der Waals surface area contributed by atoms with E-state index in [2.05, 4.69) is 30.8 Å². The van der Waals surface area contributed by atoms with E-state index in [9.17, 15) is 13.2 Å². The number of nitrogens with zero attached hydrogens (tertiary/aromatic N) is 5. The van der Waals surface area contributed by atoms with Gasteiger partial charge in [-0.25, -0.2) is 17.6 Å². The first-order chi connectivity index (χ1) is 17.8. The van der Waals surface area contributed by atoms with Gasteiger partial charge in [0.15, 0.2) is 11.6 Å². The van der Waals surface area contributed by atoms with E-state index in [0.717, 1.165) is 19.4 Å². The number of halogens is 6. The monoisotopic (exact) mass is 621 g/mol. The Bertz CT molecular complexity index is 1380. The Morgan fingerprint density at radius 2 is 2.22 bits per heavy atom. The maximum absolute atomic E-state index is 15.6. The molecule has 14 heteroatoms. The second-order valence-electron chi connectivity index (χ2n) is 9.34. The number of hydrogen-bond donors (Lipinski definition) is 0. The van der Waals surface area contributed by atoms with Crippen LogP contribution in [0.15, 0.2) is 33.3 Å². The number of ether oxygens (including phenoxy) is 2. The summed E-state index contributed by atoms with van der Waals surface area (Å²) in [5.74, 6) is -1.02. The molecule has 0 unspecified atom stereocenters. The van der Waals surface area contributed by atoms with Gasteiger partial charge in [-0.3, -0.25) is 19.8 Å². The van der Waals surface area contributed by atoms with Crippen molar-refractivity contribution in [2.24, 2.45) is 4.99 Å². The number of rotatable bonds is 6. The zero-order chi connectivity index (χ0) is 25.9. The highest BCUT2D eigenvalue weighted by Crippen LogP contribution is 2.41. The molecule has 0 N–H and O–H groups in total. The van der Waals surface area contributed by atoms with E-state index in [-0.39, 0.29) is 50.9 Å². The Hall–Kier alpha value is -2.09. The summed E-state index contributed by atoms with van der Waals surface area (Å²) in [6.45, 7) is 0.492. The number of anilines is 1. The van der Waals surface area contributed by atoms with Crippen molar-refractivity contribution in [3.63, 3.8) is 0 Å². The largest absolute Gasteiger partial charge is 0.462 e. The minimum Gasteiger partial charge on any atom is -0.462 e. The summed E-state index contributed by atoms with van der Waals surface area (Å²) in [6, 6.07) is 0. The molecular weight excluding hydrogens is 602 g/mol. The highest BCUT2D eigenvalue weighted by Gasteiger charge is 2.49. The van der Waals surface area contributed by atoms with E-state index in [1.165, 1.54) is 22.4 Å². The van der Waals surface area contributed by atoms with Crippen molar-refractivity contribution in [2.45, 2.75) is 37.4 Å². The van der Waals surface area contributed by atoms with Gasteiger partial charge < -0.3 is 14.4 Å². The van der Waals surface area contributed by atoms with Gasteiger partial charge in [-0.2, -0.15) is 0 Å². The molecule has 2 atom stereocenters. The average Bonchev–Trinajstić information content (AvgIpc) is 3.56. The minimum absolute atomic E-state index is 0.00287. The fourth-order valence-electron chi connectivity index (χ4n) is 5.56. The molecule has 0 bridgehead atoms. The number of fused-ring (bicyclic) bond motifs is 1. The molecule has 0 saturated carbocycles. The molecule has 0 radical (unpaired) electrons. The Morgan fingerprint density at radius 1 is 1.38 bits per heavy atom. The Kier molecular flexibility index (Phi) is 6.53. The van der Waals surface area contributed by atoms with Crippen LogP contribution >= 0.6 is 38.9 Å². The van der Waals surface area contributed by atoms with Crippen molar-refractivity contribution in [3.8, 4) is 5.75 Å². The van der Waals surface area contributed by atoms with Gasteiger partial charge in [0.1, 0.15) is 30.3 Å². The molecule has 2 saturated heterocycles. The van der Waals surface area contributed by atoms with Crippen molar-refractivity contribution >= 4 is 49.7 Å². The van der Waals surface area contributed by atoms with Crippen LogP contribution in [0.3, 0.4) is 0 Å². The maximum Gasteiger partial charge on any atom is 0.302 e. The maximum atomic E-state index is 15.6. The van der Waals surface area contributed by atoms with Gasteiger partial charge in [0.2, 0.25) is 0 Å². The molecule has 2 aromatic rings. The van der Waals surface area contributed by atoms with Crippen LogP contribution in [0.5, 0.6) is 5.75 Å². The molecule has 0 aliphatic carbocycles. The molecule has 4 aliphatic rings. The van der Waals surface area contributed by atoms with Gasteiger partial charge in [-0.1, -0.05) is 11.6 Å². The Balaban J connectivity index is 1.47. The van der Waals surface area contributed by atoms with Gasteiger partial charge in [-0.15, -0.1) is 11.3 Å². The van der Waals surface area contributed by atoms with Crippen LogP contribution in [0, 0.1) is 5.82 Å². The highest BCUT2D eigenvalue weighted by molar-refractivity contribution is 9.10. The molecule has 5 heterocycles. The van der Waals surface area contributed by atoms with Gasteiger partial charge in [0, 0.05) is 13.0 Å². The lowest BCUT2D eigenvalue weighted by atomic mass is 9.95. The van der Waals surface area contributed by atoms with E-state index < -0.39 is 30.5 Å².